The zero-order chi connectivity index (χ0) is 19.6. The van der Waals surface area contributed by atoms with Gasteiger partial charge in [0.1, 0.15) is 10.4 Å². The second kappa shape index (κ2) is 8.43. The lowest BCUT2D eigenvalue weighted by Gasteiger charge is -2.44. The SMILES string of the molecule is CNCC(c1nc(-c2ccccc2)n(C)c1Br)N1CCN(C(C)(C)C)CC1. The average molecular weight is 434 g/mol. The molecule has 2 aromatic rings. The number of halogens is 1. The summed E-state index contributed by atoms with van der Waals surface area (Å²) < 4.78 is 3.22. The van der Waals surface area contributed by atoms with Gasteiger partial charge in [-0.3, -0.25) is 9.80 Å². The quantitative estimate of drug-likeness (QED) is 0.782. The number of likely N-dealkylation sites (N-methyl/N-ethyl adjacent to an activating group) is 1. The number of piperazine rings is 1. The first-order valence-corrected chi connectivity index (χ1v) is 10.5. The van der Waals surface area contributed by atoms with Gasteiger partial charge in [0, 0.05) is 50.9 Å². The molecule has 0 amide bonds. The number of rotatable bonds is 5. The Labute approximate surface area is 171 Å². The first kappa shape index (κ1) is 20.5. The highest BCUT2D eigenvalue weighted by Crippen LogP contribution is 2.32. The molecule has 1 aliphatic heterocycles. The molecule has 1 aromatic carbocycles. The molecule has 1 unspecified atom stereocenters. The summed E-state index contributed by atoms with van der Waals surface area (Å²) in [6.07, 6.45) is 0. The van der Waals surface area contributed by atoms with Gasteiger partial charge in [0.05, 0.1) is 11.7 Å². The monoisotopic (exact) mass is 433 g/mol. The molecule has 27 heavy (non-hydrogen) atoms. The highest BCUT2D eigenvalue weighted by Gasteiger charge is 2.32. The van der Waals surface area contributed by atoms with Crippen molar-refractivity contribution in [3.63, 3.8) is 0 Å². The lowest BCUT2D eigenvalue weighted by atomic mass is 10.0. The fourth-order valence-corrected chi connectivity index (χ4v) is 4.37. The van der Waals surface area contributed by atoms with Crippen molar-refractivity contribution in [3.8, 4) is 11.4 Å². The van der Waals surface area contributed by atoms with E-state index in [9.17, 15) is 0 Å². The molecule has 1 aromatic heterocycles. The first-order chi connectivity index (χ1) is 12.8. The highest BCUT2D eigenvalue weighted by atomic mass is 79.9. The van der Waals surface area contributed by atoms with Crippen molar-refractivity contribution in [2.24, 2.45) is 7.05 Å². The lowest BCUT2D eigenvalue weighted by Crippen LogP contribution is -2.54. The third-order valence-electron chi connectivity index (χ3n) is 5.50. The van der Waals surface area contributed by atoms with Crippen molar-refractivity contribution in [1.29, 1.82) is 0 Å². The maximum atomic E-state index is 5.06. The van der Waals surface area contributed by atoms with Crippen LogP contribution in [0.4, 0.5) is 0 Å². The summed E-state index contributed by atoms with van der Waals surface area (Å²) in [5.41, 5.74) is 2.50. The van der Waals surface area contributed by atoms with Gasteiger partial charge in [-0.25, -0.2) is 4.98 Å². The second-order valence-electron chi connectivity index (χ2n) is 8.30. The summed E-state index contributed by atoms with van der Waals surface area (Å²) in [5.74, 6) is 1.01. The van der Waals surface area contributed by atoms with Crippen LogP contribution in [0.2, 0.25) is 0 Å². The van der Waals surface area contributed by atoms with E-state index < -0.39 is 0 Å². The van der Waals surface area contributed by atoms with Crippen LogP contribution >= 0.6 is 15.9 Å². The minimum Gasteiger partial charge on any atom is -0.322 e. The minimum absolute atomic E-state index is 0.233. The molecule has 5 nitrogen and oxygen atoms in total. The summed E-state index contributed by atoms with van der Waals surface area (Å²) >= 11 is 3.81. The summed E-state index contributed by atoms with van der Waals surface area (Å²) in [6, 6.07) is 10.7. The molecule has 148 valence electrons. The molecule has 1 saturated heterocycles. The molecule has 0 radical (unpaired) electrons. The summed E-state index contributed by atoms with van der Waals surface area (Å²) in [5, 5.41) is 3.38. The van der Waals surface area contributed by atoms with E-state index in [0.29, 0.717) is 0 Å². The summed E-state index contributed by atoms with van der Waals surface area (Å²) in [6.45, 7) is 12.1. The molecular weight excluding hydrogens is 402 g/mol. The Morgan fingerprint density at radius 2 is 1.74 bits per heavy atom. The van der Waals surface area contributed by atoms with Crippen molar-refractivity contribution in [1.82, 2.24) is 24.7 Å². The predicted octanol–water partition coefficient (Wildman–Crippen LogP) is 3.53. The van der Waals surface area contributed by atoms with Crippen LogP contribution in [0.25, 0.3) is 11.4 Å². The largest absolute Gasteiger partial charge is 0.322 e. The molecule has 0 saturated carbocycles. The van der Waals surface area contributed by atoms with Crippen molar-refractivity contribution in [2.75, 3.05) is 39.8 Å². The van der Waals surface area contributed by atoms with Gasteiger partial charge in [-0.05, 0) is 43.7 Å². The van der Waals surface area contributed by atoms with Gasteiger partial charge in [0.15, 0.2) is 0 Å². The van der Waals surface area contributed by atoms with Crippen LogP contribution in [0.5, 0.6) is 0 Å². The average Bonchev–Trinajstić information content (AvgIpc) is 2.95. The van der Waals surface area contributed by atoms with Crippen molar-refractivity contribution >= 4 is 15.9 Å². The van der Waals surface area contributed by atoms with Crippen LogP contribution in [0.15, 0.2) is 34.9 Å². The third-order valence-corrected chi connectivity index (χ3v) is 6.44. The van der Waals surface area contributed by atoms with Gasteiger partial charge in [-0.15, -0.1) is 0 Å². The molecule has 0 bridgehead atoms. The molecule has 3 rings (SSSR count). The van der Waals surface area contributed by atoms with Gasteiger partial charge in [0.2, 0.25) is 0 Å². The summed E-state index contributed by atoms with van der Waals surface area (Å²) in [7, 11) is 4.10. The maximum Gasteiger partial charge on any atom is 0.140 e. The van der Waals surface area contributed by atoms with Crippen LogP contribution in [0, 0.1) is 0 Å². The highest BCUT2D eigenvalue weighted by molar-refractivity contribution is 9.10. The van der Waals surface area contributed by atoms with Crippen molar-refractivity contribution in [2.45, 2.75) is 32.4 Å². The van der Waals surface area contributed by atoms with Crippen LogP contribution in [-0.2, 0) is 7.05 Å². The zero-order valence-electron chi connectivity index (χ0n) is 17.2. The molecule has 1 aliphatic rings. The standard InChI is InChI=1S/C21H32BrN5/c1-21(2,3)27-13-11-26(12-14-27)17(15-23-4)18-19(22)25(5)20(24-18)16-9-7-6-8-10-16/h6-10,17,23H,11-15H2,1-5H3. The Morgan fingerprint density at radius 3 is 2.30 bits per heavy atom. The van der Waals surface area contributed by atoms with E-state index in [1.54, 1.807) is 0 Å². The number of nitrogens with one attached hydrogen (secondary N) is 1. The second-order valence-corrected chi connectivity index (χ2v) is 9.05. The third kappa shape index (κ3) is 4.45. The zero-order valence-corrected chi connectivity index (χ0v) is 18.8. The normalized spacial score (nSPS) is 18.0. The van der Waals surface area contributed by atoms with Gasteiger partial charge in [-0.2, -0.15) is 0 Å². The first-order valence-electron chi connectivity index (χ1n) is 9.74. The molecular formula is C21H32BrN5. The Morgan fingerprint density at radius 1 is 1.11 bits per heavy atom. The number of benzene rings is 1. The van der Waals surface area contributed by atoms with Gasteiger partial charge in [0.25, 0.3) is 0 Å². The fraction of sp³-hybridized carbons (Fsp3) is 0.571. The number of hydrogen-bond acceptors (Lipinski definition) is 4. The lowest BCUT2D eigenvalue weighted by molar-refractivity contribution is 0.0409. The van der Waals surface area contributed by atoms with Gasteiger partial charge in [-0.1, -0.05) is 30.3 Å². The van der Waals surface area contributed by atoms with E-state index in [4.69, 9.17) is 4.98 Å². The molecule has 0 spiro atoms. The Balaban J connectivity index is 1.86. The maximum absolute atomic E-state index is 5.06. The van der Waals surface area contributed by atoms with E-state index in [2.05, 4.69) is 87.7 Å². The van der Waals surface area contributed by atoms with Crippen molar-refractivity contribution < 1.29 is 0 Å². The van der Waals surface area contributed by atoms with Crippen molar-refractivity contribution in [3.05, 3.63) is 40.6 Å². The molecule has 0 aliphatic carbocycles. The molecule has 6 heteroatoms. The van der Waals surface area contributed by atoms with Crippen LogP contribution < -0.4 is 5.32 Å². The van der Waals surface area contributed by atoms with E-state index in [0.717, 1.165) is 54.4 Å². The fourth-order valence-electron chi connectivity index (χ4n) is 3.85. The molecule has 1 N–H and O–H groups in total. The number of hydrogen-bond donors (Lipinski definition) is 1. The Kier molecular flexibility index (Phi) is 6.41. The number of aromatic nitrogens is 2. The van der Waals surface area contributed by atoms with Crippen LogP contribution in [-0.4, -0.2) is 64.7 Å². The Hall–Kier alpha value is -1.21. The van der Waals surface area contributed by atoms with Crippen LogP contribution in [0.3, 0.4) is 0 Å². The van der Waals surface area contributed by atoms with Gasteiger partial charge >= 0.3 is 0 Å². The van der Waals surface area contributed by atoms with Gasteiger partial charge < -0.3 is 9.88 Å². The minimum atomic E-state index is 0.233. The van der Waals surface area contributed by atoms with E-state index in [-0.39, 0.29) is 11.6 Å². The molecule has 1 fully saturated rings. The van der Waals surface area contributed by atoms with E-state index >= 15 is 0 Å². The number of imidazole rings is 1. The predicted molar refractivity (Wildman–Crippen MR) is 116 cm³/mol. The smallest absolute Gasteiger partial charge is 0.140 e. The van der Waals surface area contributed by atoms with E-state index in [1.807, 2.05) is 13.1 Å². The Bertz CT molecular complexity index is 742. The van der Waals surface area contributed by atoms with Crippen LogP contribution in [0.1, 0.15) is 32.5 Å². The van der Waals surface area contributed by atoms with E-state index in [1.165, 1.54) is 0 Å². The molecule has 2 heterocycles. The number of nitrogens with zero attached hydrogens (tertiary/aromatic N) is 4. The molecule has 1 atom stereocenters. The summed E-state index contributed by atoms with van der Waals surface area (Å²) in [4.78, 5) is 10.2. The topological polar surface area (TPSA) is 36.3 Å².